The van der Waals surface area contributed by atoms with Crippen LogP contribution in [0.25, 0.3) is 0 Å². The van der Waals surface area contributed by atoms with Gasteiger partial charge in [-0.2, -0.15) is 0 Å². The topological polar surface area (TPSA) is 66.8 Å². The van der Waals surface area contributed by atoms with E-state index in [1.165, 1.54) is 12.1 Å². The van der Waals surface area contributed by atoms with E-state index >= 15 is 0 Å². The summed E-state index contributed by atoms with van der Waals surface area (Å²) in [4.78, 5) is 26.3. The lowest BCUT2D eigenvalue weighted by Gasteiger charge is -2.14. The minimum atomic E-state index is -0.485. The maximum absolute atomic E-state index is 12.7. The Bertz CT molecular complexity index is 1020. The lowest BCUT2D eigenvalue weighted by Crippen LogP contribution is -2.29. The van der Waals surface area contributed by atoms with Crippen molar-refractivity contribution in [3.63, 3.8) is 0 Å². The van der Waals surface area contributed by atoms with Crippen molar-refractivity contribution in [3.8, 4) is 17.2 Å². The monoisotopic (exact) mass is 345 g/mol. The van der Waals surface area contributed by atoms with E-state index in [0.717, 1.165) is 10.5 Å². The molecule has 0 unspecified atom stereocenters. The summed E-state index contributed by atoms with van der Waals surface area (Å²) in [6.45, 7) is 1.98. The third-order valence-corrected chi connectivity index (χ3v) is 4.24. The molecule has 2 amide bonds. The van der Waals surface area contributed by atoms with Crippen molar-refractivity contribution < 1.29 is 19.4 Å². The Morgan fingerprint density at radius 2 is 1.46 bits per heavy atom. The zero-order valence-corrected chi connectivity index (χ0v) is 14.0. The van der Waals surface area contributed by atoms with Gasteiger partial charge in [0.2, 0.25) is 0 Å². The van der Waals surface area contributed by atoms with E-state index in [4.69, 9.17) is 4.74 Å². The first-order valence-electron chi connectivity index (χ1n) is 8.10. The number of imide groups is 1. The van der Waals surface area contributed by atoms with E-state index in [-0.39, 0.29) is 22.6 Å². The van der Waals surface area contributed by atoms with E-state index in [1.54, 1.807) is 30.3 Å². The van der Waals surface area contributed by atoms with E-state index in [1.807, 2.05) is 31.2 Å². The first-order chi connectivity index (χ1) is 12.5. The van der Waals surface area contributed by atoms with Gasteiger partial charge >= 0.3 is 0 Å². The number of rotatable bonds is 3. The van der Waals surface area contributed by atoms with Crippen LogP contribution in [-0.2, 0) is 0 Å². The summed E-state index contributed by atoms with van der Waals surface area (Å²) < 4.78 is 5.78. The van der Waals surface area contributed by atoms with Crippen molar-refractivity contribution in [2.24, 2.45) is 0 Å². The van der Waals surface area contributed by atoms with Gasteiger partial charge in [0.15, 0.2) is 0 Å². The van der Waals surface area contributed by atoms with Gasteiger partial charge in [-0.25, -0.2) is 4.90 Å². The minimum Gasteiger partial charge on any atom is -0.506 e. The zero-order valence-electron chi connectivity index (χ0n) is 14.0. The zero-order chi connectivity index (χ0) is 18.3. The predicted molar refractivity (Wildman–Crippen MR) is 96.9 cm³/mol. The van der Waals surface area contributed by atoms with Crippen LogP contribution in [0.15, 0.2) is 66.7 Å². The molecule has 26 heavy (non-hydrogen) atoms. The molecule has 1 aliphatic rings. The number of fused-ring (bicyclic) bond motifs is 1. The number of nitrogens with zero attached hydrogens (tertiary/aromatic N) is 1. The molecule has 1 aliphatic heterocycles. The van der Waals surface area contributed by atoms with Crippen LogP contribution in [0.1, 0.15) is 26.3 Å². The number of aryl methyl sites for hydroxylation is 1. The maximum Gasteiger partial charge on any atom is 0.266 e. The number of aromatic hydroxyl groups is 1. The summed E-state index contributed by atoms with van der Waals surface area (Å²) in [5, 5.41) is 9.99. The largest absolute Gasteiger partial charge is 0.506 e. The molecule has 4 rings (SSSR count). The van der Waals surface area contributed by atoms with Crippen LogP contribution < -0.4 is 9.64 Å². The molecule has 3 aromatic carbocycles. The highest BCUT2D eigenvalue weighted by Crippen LogP contribution is 2.35. The highest BCUT2D eigenvalue weighted by atomic mass is 16.5. The highest BCUT2D eigenvalue weighted by Gasteiger charge is 2.38. The average molecular weight is 345 g/mol. The van der Waals surface area contributed by atoms with Gasteiger partial charge in [-0.05, 0) is 49.4 Å². The number of amides is 2. The molecule has 128 valence electrons. The number of para-hydroxylation sites is 2. The fraction of sp³-hybridized carbons (Fsp3) is 0.0476. The van der Waals surface area contributed by atoms with Crippen LogP contribution in [0.5, 0.6) is 17.2 Å². The van der Waals surface area contributed by atoms with E-state index in [2.05, 4.69) is 0 Å². The third kappa shape index (κ3) is 2.59. The lowest BCUT2D eigenvalue weighted by molar-refractivity contribution is 0.0925. The molecule has 0 spiro atoms. The second-order valence-corrected chi connectivity index (χ2v) is 6.06. The highest BCUT2D eigenvalue weighted by molar-refractivity contribution is 6.34. The van der Waals surface area contributed by atoms with Crippen molar-refractivity contribution in [3.05, 3.63) is 83.4 Å². The number of carbonyl (C=O) groups excluding carboxylic acids is 2. The van der Waals surface area contributed by atoms with Crippen LogP contribution in [-0.4, -0.2) is 16.9 Å². The van der Waals surface area contributed by atoms with Gasteiger partial charge < -0.3 is 9.84 Å². The smallest absolute Gasteiger partial charge is 0.266 e. The van der Waals surface area contributed by atoms with Crippen LogP contribution >= 0.6 is 0 Å². The normalized spacial score (nSPS) is 13.0. The van der Waals surface area contributed by atoms with E-state index < -0.39 is 11.8 Å². The van der Waals surface area contributed by atoms with Crippen LogP contribution in [0.3, 0.4) is 0 Å². The van der Waals surface area contributed by atoms with Gasteiger partial charge in [-0.3, -0.25) is 9.59 Å². The first kappa shape index (κ1) is 15.9. The Morgan fingerprint density at radius 3 is 2.19 bits per heavy atom. The second kappa shape index (κ2) is 6.04. The number of benzene rings is 3. The van der Waals surface area contributed by atoms with Gasteiger partial charge in [0.1, 0.15) is 17.2 Å². The van der Waals surface area contributed by atoms with Gasteiger partial charge in [-0.1, -0.05) is 29.8 Å². The summed E-state index contributed by atoms with van der Waals surface area (Å²) in [6.07, 6.45) is 0. The number of phenolic OH excluding ortho intramolecular Hbond substituents is 1. The Kier molecular flexibility index (Phi) is 3.69. The standard InChI is InChI=1S/C21H15NO4/c1-13-6-8-14(9-7-13)26-15-10-11-16-17(12-15)21(25)22(20(16)24)18-4-2-3-5-19(18)23/h2-12,23H,1H3. The summed E-state index contributed by atoms with van der Waals surface area (Å²) in [5.41, 5.74) is 1.82. The molecule has 0 fully saturated rings. The quantitative estimate of drug-likeness (QED) is 0.719. The van der Waals surface area contributed by atoms with E-state index in [9.17, 15) is 14.7 Å². The first-order valence-corrected chi connectivity index (χ1v) is 8.10. The molecule has 5 heteroatoms. The molecule has 0 aliphatic carbocycles. The molecule has 0 saturated heterocycles. The molecule has 0 aromatic heterocycles. The number of anilines is 1. The summed E-state index contributed by atoms with van der Waals surface area (Å²) in [7, 11) is 0. The molecule has 3 aromatic rings. The molecular formula is C21H15NO4. The van der Waals surface area contributed by atoms with Gasteiger partial charge in [0.25, 0.3) is 11.8 Å². The Hall–Kier alpha value is -3.60. The molecular weight excluding hydrogens is 330 g/mol. The Labute approximate surface area is 150 Å². The molecule has 1 N–H and O–H groups in total. The summed E-state index contributed by atoms with van der Waals surface area (Å²) >= 11 is 0. The number of phenols is 1. The van der Waals surface area contributed by atoms with Gasteiger partial charge in [0.05, 0.1) is 16.8 Å². The van der Waals surface area contributed by atoms with Crippen molar-refractivity contribution in [2.75, 3.05) is 4.90 Å². The average Bonchev–Trinajstić information content (AvgIpc) is 2.88. The molecule has 0 atom stereocenters. The van der Waals surface area contributed by atoms with Crippen molar-refractivity contribution in [1.29, 1.82) is 0 Å². The molecule has 0 radical (unpaired) electrons. The van der Waals surface area contributed by atoms with Crippen molar-refractivity contribution in [1.82, 2.24) is 0 Å². The maximum atomic E-state index is 12.7. The van der Waals surface area contributed by atoms with Gasteiger partial charge in [0, 0.05) is 0 Å². The Balaban J connectivity index is 1.68. The van der Waals surface area contributed by atoms with Crippen LogP contribution in [0, 0.1) is 6.92 Å². The summed E-state index contributed by atoms with van der Waals surface area (Å²) in [5.74, 6) is 0.0325. The number of hydrogen-bond donors (Lipinski definition) is 1. The van der Waals surface area contributed by atoms with Crippen LogP contribution in [0.2, 0.25) is 0 Å². The van der Waals surface area contributed by atoms with Crippen LogP contribution in [0.4, 0.5) is 5.69 Å². The predicted octanol–water partition coefficient (Wildman–Crippen LogP) is 4.29. The van der Waals surface area contributed by atoms with Crippen molar-refractivity contribution >= 4 is 17.5 Å². The number of ether oxygens (including phenoxy) is 1. The minimum absolute atomic E-state index is 0.127. The number of carbonyl (C=O) groups is 2. The van der Waals surface area contributed by atoms with E-state index in [0.29, 0.717) is 11.5 Å². The number of hydrogen-bond acceptors (Lipinski definition) is 4. The molecule has 0 bridgehead atoms. The summed E-state index contributed by atoms with van der Waals surface area (Å²) in [6, 6.07) is 18.6. The third-order valence-electron chi connectivity index (χ3n) is 4.24. The van der Waals surface area contributed by atoms with Crippen molar-refractivity contribution in [2.45, 2.75) is 6.92 Å². The fourth-order valence-electron chi connectivity index (χ4n) is 2.90. The molecule has 0 saturated carbocycles. The molecule has 1 heterocycles. The fourth-order valence-corrected chi connectivity index (χ4v) is 2.90. The second-order valence-electron chi connectivity index (χ2n) is 6.06. The lowest BCUT2D eigenvalue weighted by atomic mass is 10.1. The molecule has 5 nitrogen and oxygen atoms in total. The van der Waals surface area contributed by atoms with Gasteiger partial charge in [-0.15, -0.1) is 0 Å². The SMILES string of the molecule is Cc1ccc(Oc2ccc3c(c2)C(=O)N(c2ccccc2O)C3=O)cc1. The Morgan fingerprint density at radius 1 is 0.808 bits per heavy atom.